The summed E-state index contributed by atoms with van der Waals surface area (Å²) in [5.41, 5.74) is 3.27. The second-order valence-electron chi connectivity index (χ2n) is 8.09. The van der Waals surface area contributed by atoms with Crippen LogP contribution in [-0.2, 0) is 24.7 Å². The molecule has 32 heavy (non-hydrogen) atoms. The maximum Gasteiger partial charge on any atom is 0.243 e. The Labute approximate surface area is 195 Å². The van der Waals surface area contributed by atoms with Crippen LogP contribution < -0.4 is 0 Å². The van der Waals surface area contributed by atoms with E-state index in [9.17, 15) is 21.6 Å². The molecule has 0 saturated carbocycles. The first-order valence-electron chi connectivity index (χ1n) is 10.2. The number of carbonyl (C=O) groups excluding carboxylic acids is 1. The summed E-state index contributed by atoms with van der Waals surface area (Å²) in [6.45, 7) is 7.87. The molecule has 2 aromatic carbocycles. The number of hydrogen-bond donors (Lipinski definition) is 0. The molecule has 0 unspecified atom stereocenters. The third-order valence-electron chi connectivity index (χ3n) is 5.97. The van der Waals surface area contributed by atoms with E-state index in [2.05, 4.69) is 0 Å². The van der Waals surface area contributed by atoms with Gasteiger partial charge in [-0.05, 0) is 74.2 Å². The van der Waals surface area contributed by atoms with Crippen molar-refractivity contribution < 1.29 is 21.6 Å². The summed E-state index contributed by atoms with van der Waals surface area (Å²) in [5, 5.41) is 0.405. The number of hydrogen-bond acceptors (Lipinski definition) is 5. The molecule has 1 aliphatic heterocycles. The fraction of sp³-hybridized carbons (Fsp3) is 0.409. The zero-order valence-corrected chi connectivity index (χ0v) is 20.9. The van der Waals surface area contributed by atoms with Gasteiger partial charge in [0.15, 0.2) is 9.84 Å². The van der Waals surface area contributed by atoms with Gasteiger partial charge >= 0.3 is 0 Å². The van der Waals surface area contributed by atoms with Crippen LogP contribution in [0.25, 0.3) is 0 Å². The highest BCUT2D eigenvalue weighted by Crippen LogP contribution is 2.29. The van der Waals surface area contributed by atoms with Gasteiger partial charge < -0.3 is 4.90 Å². The Kier molecular flexibility index (Phi) is 7.05. The second kappa shape index (κ2) is 9.13. The van der Waals surface area contributed by atoms with E-state index in [4.69, 9.17) is 11.6 Å². The maximum atomic E-state index is 13.4. The van der Waals surface area contributed by atoms with Crippen molar-refractivity contribution >= 4 is 37.4 Å². The average Bonchev–Trinajstić information content (AvgIpc) is 2.72. The van der Waals surface area contributed by atoms with Crippen LogP contribution in [0, 0.1) is 27.7 Å². The number of rotatable bonds is 5. The largest absolute Gasteiger partial charge is 0.339 e. The molecule has 7 nitrogen and oxygen atoms in total. The van der Waals surface area contributed by atoms with E-state index in [1.54, 1.807) is 13.8 Å². The van der Waals surface area contributed by atoms with Gasteiger partial charge in [-0.1, -0.05) is 17.7 Å². The summed E-state index contributed by atoms with van der Waals surface area (Å²) in [5.74, 6) is -1.22. The van der Waals surface area contributed by atoms with Crippen LogP contribution in [0.2, 0.25) is 5.02 Å². The lowest BCUT2D eigenvalue weighted by Crippen LogP contribution is -2.51. The van der Waals surface area contributed by atoms with Crippen LogP contribution in [0.4, 0.5) is 0 Å². The molecule has 0 N–H and O–H groups in total. The smallest absolute Gasteiger partial charge is 0.243 e. The van der Waals surface area contributed by atoms with E-state index in [1.165, 1.54) is 33.5 Å². The minimum atomic E-state index is -3.81. The van der Waals surface area contributed by atoms with Crippen LogP contribution in [0.1, 0.15) is 22.3 Å². The minimum Gasteiger partial charge on any atom is -0.339 e. The highest BCUT2D eigenvalue weighted by atomic mass is 35.5. The monoisotopic (exact) mass is 498 g/mol. The highest BCUT2D eigenvalue weighted by Gasteiger charge is 2.34. The normalized spacial score (nSPS) is 15.7. The first-order chi connectivity index (χ1) is 14.8. The van der Waals surface area contributed by atoms with Gasteiger partial charge in [-0.15, -0.1) is 0 Å². The van der Waals surface area contributed by atoms with Gasteiger partial charge in [0.2, 0.25) is 15.9 Å². The van der Waals surface area contributed by atoms with Crippen molar-refractivity contribution in [2.75, 3.05) is 31.9 Å². The van der Waals surface area contributed by atoms with Gasteiger partial charge in [-0.2, -0.15) is 4.31 Å². The van der Waals surface area contributed by atoms with Gasteiger partial charge in [-0.3, -0.25) is 4.79 Å². The molecule has 10 heteroatoms. The maximum absolute atomic E-state index is 13.4. The van der Waals surface area contributed by atoms with Crippen molar-refractivity contribution in [3.05, 3.63) is 57.6 Å². The quantitative estimate of drug-likeness (QED) is 0.632. The van der Waals surface area contributed by atoms with Gasteiger partial charge in [0, 0.05) is 31.2 Å². The lowest BCUT2D eigenvalue weighted by atomic mass is 10.0. The fourth-order valence-electron chi connectivity index (χ4n) is 3.85. The molecule has 0 bridgehead atoms. The molecule has 0 aliphatic carbocycles. The summed E-state index contributed by atoms with van der Waals surface area (Å²) in [4.78, 5) is 14.4. The first-order valence-corrected chi connectivity index (χ1v) is 13.7. The van der Waals surface area contributed by atoms with E-state index in [0.717, 1.165) is 22.3 Å². The number of amides is 1. The van der Waals surface area contributed by atoms with Gasteiger partial charge in [0.25, 0.3) is 0 Å². The molecule has 1 fully saturated rings. The molecule has 2 aromatic rings. The van der Waals surface area contributed by atoms with Crippen LogP contribution in [-0.4, -0.2) is 63.9 Å². The standard InChI is InChI=1S/C22H27ClN2O5S2/c1-15-13-16(2)18(4)22(17(15)3)32(29,30)25-11-9-24(10-12-25)21(26)14-31(27,28)20-7-5-19(23)6-8-20/h5-8,13H,9-12,14H2,1-4H3. The Morgan fingerprint density at radius 2 is 1.38 bits per heavy atom. The first kappa shape index (κ1) is 24.7. The fourth-order valence-corrected chi connectivity index (χ4v) is 7.20. The molecule has 174 valence electrons. The lowest BCUT2D eigenvalue weighted by molar-refractivity contribution is -0.129. The number of halogens is 1. The average molecular weight is 499 g/mol. The van der Waals surface area contributed by atoms with Crippen molar-refractivity contribution in [1.82, 2.24) is 9.21 Å². The molecule has 1 aliphatic rings. The van der Waals surface area contributed by atoms with Crippen LogP contribution in [0.5, 0.6) is 0 Å². The Balaban J connectivity index is 1.72. The zero-order chi connectivity index (χ0) is 23.8. The summed E-state index contributed by atoms with van der Waals surface area (Å²) in [6, 6.07) is 7.62. The molecule has 3 rings (SSSR count). The van der Waals surface area contributed by atoms with Crippen molar-refractivity contribution in [3.63, 3.8) is 0 Å². The van der Waals surface area contributed by atoms with E-state index in [1.807, 2.05) is 19.9 Å². The minimum absolute atomic E-state index is 0.0252. The number of nitrogens with zero attached hydrogens (tertiary/aromatic N) is 2. The molecule has 0 aromatic heterocycles. The van der Waals surface area contributed by atoms with Crippen molar-refractivity contribution in [2.45, 2.75) is 37.5 Å². The second-order valence-corrected chi connectivity index (χ2v) is 12.4. The van der Waals surface area contributed by atoms with E-state index in [-0.39, 0.29) is 31.1 Å². The van der Waals surface area contributed by atoms with Crippen molar-refractivity contribution in [2.24, 2.45) is 0 Å². The molecule has 0 spiro atoms. The van der Waals surface area contributed by atoms with Gasteiger partial charge in [0.05, 0.1) is 9.79 Å². The SMILES string of the molecule is Cc1cc(C)c(C)c(S(=O)(=O)N2CCN(C(=O)CS(=O)(=O)c3ccc(Cl)cc3)CC2)c1C. The molecule has 1 saturated heterocycles. The number of sulfone groups is 1. The highest BCUT2D eigenvalue weighted by molar-refractivity contribution is 7.92. The summed E-state index contributed by atoms with van der Waals surface area (Å²) in [7, 11) is -7.55. The molecular weight excluding hydrogens is 472 g/mol. The van der Waals surface area contributed by atoms with Gasteiger partial charge in [-0.25, -0.2) is 16.8 Å². The van der Waals surface area contributed by atoms with Crippen molar-refractivity contribution in [1.29, 1.82) is 0 Å². The number of carbonyl (C=O) groups is 1. The van der Waals surface area contributed by atoms with Crippen molar-refractivity contribution in [3.8, 4) is 0 Å². The molecule has 1 amide bonds. The molecular formula is C22H27ClN2O5S2. The zero-order valence-electron chi connectivity index (χ0n) is 18.6. The predicted molar refractivity (Wildman–Crippen MR) is 124 cm³/mol. The predicted octanol–water partition coefficient (Wildman–Crippen LogP) is 2.88. The molecule has 1 heterocycles. The Morgan fingerprint density at radius 3 is 1.88 bits per heavy atom. The Bertz CT molecular complexity index is 1220. The van der Waals surface area contributed by atoms with Gasteiger partial charge in [0.1, 0.15) is 5.75 Å². The molecule has 0 atom stereocenters. The molecule has 0 radical (unpaired) electrons. The summed E-state index contributed by atoms with van der Waals surface area (Å²) >= 11 is 5.80. The number of sulfonamides is 1. The lowest BCUT2D eigenvalue weighted by Gasteiger charge is -2.34. The summed E-state index contributed by atoms with van der Waals surface area (Å²) in [6.07, 6.45) is 0. The van der Waals surface area contributed by atoms with Crippen LogP contribution in [0.3, 0.4) is 0 Å². The van der Waals surface area contributed by atoms with E-state index < -0.39 is 31.5 Å². The van der Waals surface area contributed by atoms with Crippen LogP contribution in [0.15, 0.2) is 40.1 Å². The topological polar surface area (TPSA) is 91.8 Å². The number of aryl methyl sites for hydroxylation is 2. The third kappa shape index (κ3) is 4.85. The Morgan fingerprint density at radius 1 is 0.875 bits per heavy atom. The summed E-state index contributed by atoms with van der Waals surface area (Å²) < 4.78 is 53.2. The Hall–Kier alpha value is -1.94. The number of piperazine rings is 1. The van der Waals surface area contributed by atoms with E-state index >= 15 is 0 Å². The third-order valence-corrected chi connectivity index (χ3v) is 10.0. The van der Waals surface area contributed by atoms with E-state index in [0.29, 0.717) is 9.92 Å². The number of benzene rings is 2. The van der Waals surface area contributed by atoms with Crippen LogP contribution >= 0.6 is 11.6 Å².